The Morgan fingerprint density at radius 2 is 1.80 bits per heavy atom. The standard InChI is InChI=1S/C38H34F3N11O4/c1-23-28(12-13-30(48-23)33-46-22-47-51-33)31-19-44-34-35(50-31)52(32(53)20-45-34)14-4-3-5-15-56-37(2,21-55-27-10-6-24(17-42)7-11-27)36(54)49-26-9-8-25(18-43)29(16-26)38(39,40)41/h6-13,16,19,22H,3-5,14-15,20-21H2,1-2H3,(H,44,45)(H,49,54)(H,46,47,51). The molecule has 6 rings (SSSR count). The zero-order valence-electron chi connectivity index (χ0n) is 30.1. The van der Waals surface area contributed by atoms with Gasteiger partial charge in [0.25, 0.3) is 5.91 Å². The Hall–Kier alpha value is -6.92. The number of H-pyrrole nitrogens is 1. The maximum absolute atomic E-state index is 13.6. The number of alkyl halides is 3. The molecule has 2 aromatic carbocycles. The quantitative estimate of drug-likeness (QED) is 0.114. The van der Waals surface area contributed by atoms with Gasteiger partial charge in [0.05, 0.1) is 47.3 Å². The summed E-state index contributed by atoms with van der Waals surface area (Å²) in [5.41, 5.74) is -0.681. The number of aromatic amines is 1. The highest BCUT2D eigenvalue weighted by Crippen LogP contribution is 2.34. The summed E-state index contributed by atoms with van der Waals surface area (Å²) in [6.45, 7) is 3.40. The number of hydrogen-bond donors (Lipinski definition) is 3. The average molecular weight is 766 g/mol. The molecular formula is C38H34F3N11O4. The van der Waals surface area contributed by atoms with Crippen molar-refractivity contribution >= 4 is 29.1 Å². The molecule has 1 atom stereocenters. The Labute approximate surface area is 318 Å². The van der Waals surface area contributed by atoms with E-state index in [1.165, 1.54) is 37.5 Å². The van der Waals surface area contributed by atoms with Gasteiger partial charge in [-0.1, -0.05) is 0 Å². The summed E-state index contributed by atoms with van der Waals surface area (Å²) in [4.78, 5) is 46.3. The minimum absolute atomic E-state index is 0.0486. The first-order valence-corrected chi connectivity index (χ1v) is 17.3. The fraction of sp³-hybridized carbons (Fsp3) is 0.289. The number of fused-ring (bicyclic) bond motifs is 1. The molecule has 0 aliphatic carbocycles. The van der Waals surface area contributed by atoms with E-state index in [9.17, 15) is 22.8 Å². The summed E-state index contributed by atoms with van der Waals surface area (Å²) < 4.78 is 52.7. The topological polar surface area (TPSA) is 208 Å². The van der Waals surface area contributed by atoms with Crippen molar-refractivity contribution in [3.63, 3.8) is 0 Å². The molecule has 0 fully saturated rings. The molecule has 1 aliphatic heterocycles. The number of nitrogens with one attached hydrogen (secondary N) is 3. The summed E-state index contributed by atoms with van der Waals surface area (Å²) in [5, 5.41) is 30.4. The van der Waals surface area contributed by atoms with Crippen LogP contribution in [-0.2, 0) is 20.5 Å². The lowest BCUT2D eigenvalue weighted by Crippen LogP contribution is -2.48. The minimum atomic E-state index is -4.82. The number of ether oxygens (including phenoxy) is 2. The largest absolute Gasteiger partial charge is 0.490 e. The van der Waals surface area contributed by atoms with Crippen molar-refractivity contribution in [3.8, 4) is 40.7 Å². The molecule has 0 radical (unpaired) electrons. The van der Waals surface area contributed by atoms with Crippen molar-refractivity contribution < 1.29 is 32.2 Å². The van der Waals surface area contributed by atoms with Crippen LogP contribution in [-0.4, -0.2) is 73.9 Å². The molecule has 0 spiro atoms. The molecule has 1 unspecified atom stereocenters. The van der Waals surface area contributed by atoms with Crippen molar-refractivity contribution in [1.82, 2.24) is 30.1 Å². The molecule has 18 heteroatoms. The third kappa shape index (κ3) is 8.88. The van der Waals surface area contributed by atoms with Crippen LogP contribution in [0.3, 0.4) is 0 Å². The lowest BCUT2D eigenvalue weighted by molar-refractivity contribution is -0.143. The molecule has 3 N–H and O–H groups in total. The summed E-state index contributed by atoms with van der Waals surface area (Å²) in [6.07, 6.45) is -0.235. The van der Waals surface area contributed by atoms with E-state index in [0.717, 1.165) is 11.6 Å². The van der Waals surface area contributed by atoms with E-state index < -0.39 is 28.8 Å². The molecule has 4 heterocycles. The number of aryl methyl sites for hydroxylation is 1. The van der Waals surface area contributed by atoms with E-state index in [1.807, 2.05) is 19.1 Å². The van der Waals surface area contributed by atoms with Crippen LogP contribution in [0, 0.1) is 29.6 Å². The van der Waals surface area contributed by atoms with Crippen molar-refractivity contribution in [2.24, 2.45) is 0 Å². The summed E-state index contributed by atoms with van der Waals surface area (Å²) in [6, 6.07) is 16.2. The number of amides is 2. The third-order valence-electron chi connectivity index (χ3n) is 8.87. The number of pyridine rings is 1. The minimum Gasteiger partial charge on any atom is -0.490 e. The number of rotatable bonds is 14. The maximum Gasteiger partial charge on any atom is 0.417 e. The summed E-state index contributed by atoms with van der Waals surface area (Å²) in [5.74, 6) is 0.754. The van der Waals surface area contributed by atoms with Crippen molar-refractivity contribution in [1.29, 1.82) is 10.5 Å². The van der Waals surface area contributed by atoms with Gasteiger partial charge in [-0.15, -0.1) is 0 Å². The van der Waals surface area contributed by atoms with E-state index in [0.29, 0.717) is 77.7 Å². The summed E-state index contributed by atoms with van der Waals surface area (Å²) >= 11 is 0. The molecule has 56 heavy (non-hydrogen) atoms. The van der Waals surface area contributed by atoms with E-state index in [4.69, 9.17) is 25.0 Å². The second kappa shape index (κ2) is 16.6. The normalized spacial score (nSPS) is 13.5. The van der Waals surface area contributed by atoms with E-state index >= 15 is 0 Å². The number of unbranched alkanes of at least 4 members (excludes halogenated alkanes) is 2. The number of benzene rings is 2. The number of anilines is 3. The van der Waals surface area contributed by atoms with Crippen LogP contribution in [0.15, 0.2) is 67.1 Å². The lowest BCUT2D eigenvalue weighted by atomic mass is 10.0. The van der Waals surface area contributed by atoms with Gasteiger partial charge >= 0.3 is 6.18 Å². The van der Waals surface area contributed by atoms with Gasteiger partial charge < -0.3 is 20.1 Å². The number of carbonyl (C=O) groups is 2. The summed E-state index contributed by atoms with van der Waals surface area (Å²) in [7, 11) is 0. The highest BCUT2D eigenvalue weighted by atomic mass is 19.4. The van der Waals surface area contributed by atoms with Gasteiger partial charge in [0.1, 0.15) is 24.4 Å². The Kier molecular flexibility index (Phi) is 11.5. The zero-order chi connectivity index (χ0) is 39.9. The SMILES string of the molecule is Cc1nc(-c2ncn[nH]2)ccc1-c1cnc2c(n1)N(CCCCCOC(C)(COc1ccc(C#N)cc1)C(=O)Nc1ccc(C#N)c(C(F)(F)F)c1)C(=O)CN2. The Morgan fingerprint density at radius 1 is 1.00 bits per heavy atom. The second-order valence-corrected chi connectivity index (χ2v) is 12.9. The molecule has 2 amide bonds. The van der Waals surface area contributed by atoms with Crippen LogP contribution in [0.2, 0.25) is 0 Å². The Balaban J connectivity index is 1.10. The van der Waals surface area contributed by atoms with Crippen LogP contribution >= 0.6 is 0 Å². The molecule has 5 aromatic rings. The van der Waals surface area contributed by atoms with Crippen LogP contribution in [0.5, 0.6) is 5.75 Å². The van der Waals surface area contributed by atoms with Crippen LogP contribution < -0.4 is 20.3 Å². The van der Waals surface area contributed by atoms with Gasteiger partial charge in [0.15, 0.2) is 23.1 Å². The molecule has 0 saturated carbocycles. The van der Waals surface area contributed by atoms with Gasteiger partial charge in [-0.2, -0.15) is 28.8 Å². The van der Waals surface area contributed by atoms with Crippen molar-refractivity contribution in [2.45, 2.75) is 44.9 Å². The number of aromatic nitrogens is 6. The van der Waals surface area contributed by atoms with E-state index in [1.54, 1.807) is 29.3 Å². The second-order valence-electron chi connectivity index (χ2n) is 12.9. The van der Waals surface area contributed by atoms with E-state index in [2.05, 4.69) is 35.8 Å². The van der Waals surface area contributed by atoms with E-state index in [-0.39, 0.29) is 31.4 Å². The predicted molar refractivity (Wildman–Crippen MR) is 196 cm³/mol. The fourth-order valence-electron chi connectivity index (χ4n) is 5.80. The number of halogens is 3. The lowest BCUT2D eigenvalue weighted by Gasteiger charge is -2.29. The number of nitriles is 2. The van der Waals surface area contributed by atoms with Crippen LogP contribution in [0.1, 0.15) is 48.6 Å². The highest BCUT2D eigenvalue weighted by Gasteiger charge is 2.38. The number of nitrogens with zero attached hydrogens (tertiary/aromatic N) is 8. The predicted octanol–water partition coefficient (Wildman–Crippen LogP) is 5.82. The average Bonchev–Trinajstić information content (AvgIpc) is 3.74. The monoisotopic (exact) mass is 765 g/mol. The fourth-order valence-corrected chi connectivity index (χ4v) is 5.80. The highest BCUT2D eigenvalue weighted by molar-refractivity contribution is 6.01. The molecule has 286 valence electrons. The molecular weight excluding hydrogens is 731 g/mol. The number of carbonyl (C=O) groups excluding carboxylic acids is 2. The van der Waals surface area contributed by atoms with Gasteiger partial charge in [-0.05, 0) is 87.7 Å². The van der Waals surface area contributed by atoms with Crippen LogP contribution in [0.4, 0.5) is 30.5 Å². The van der Waals surface area contributed by atoms with Gasteiger partial charge in [-0.25, -0.2) is 19.9 Å². The zero-order valence-corrected chi connectivity index (χ0v) is 30.1. The van der Waals surface area contributed by atoms with Crippen molar-refractivity contribution in [2.75, 3.05) is 41.8 Å². The van der Waals surface area contributed by atoms with Gasteiger partial charge in [0, 0.05) is 30.1 Å². The molecule has 15 nitrogen and oxygen atoms in total. The first-order chi connectivity index (χ1) is 26.9. The van der Waals surface area contributed by atoms with Crippen LogP contribution in [0.25, 0.3) is 22.8 Å². The first kappa shape index (κ1) is 38.8. The van der Waals surface area contributed by atoms with Gasteiger partial charge in [-0.3, -0.25) is 19.6 Å². The molecule has 1 aliphatic rings. The first-order valence-electron chi connectivity index (χ1n) is 17.3. The van der Waals surface area contributed by atoms with Gasteiger partial charge in [0.2, 0.25) is 5.91 Å². The molecule has 3 aromatic heterocycles. The third-order valence-corrected chi connectivity index (χ3v) is 8.87. The maximum atomic E-state index is 13.6. The molecule has 0 saturated heterocycles. The number of hydrogen-bond acceptors (Lipinski definition) is 12. The molecule has 0 bridgehead atoms. The Bertz CT molecular complexity index is 2310. The smallest absolute Gasteiger partial charge is 0.417 e. The van der Waals surface area contributed by atoms with Crippen molar-refractivity contribution in [3.05, 3.63) is 89.5 Å². The Morgan fingerprint density at radius 3 is 2.50 bits per heavy atom.